The Labute approximate surface area is 177 Å². The molecule has 1 heterocycles. The lowest BCUT2D eigenvalue weighted by atomic mass is 10.2. The van der Waals surface area contributed by atoms with Gasteiger partial charge in [-0.1, -0.05) is 33.6 Å². The molecule has 2 amide bonds. The van der Waals surface area contributed by atoms with Crippen LogP contribution in [-0.2, 0) is 9.59 Å². The van der Waals surface area contributed by atoms with Crippen molar-refractivity contribution in [1.82, 2.24) is 9.99 Å². The number of nitrogens with one attached hydrogen (secondary N) is 2. The summed E-state index contributed by atoms with van der Waals surface area (Å²) in [5, 5.41) is 6.45. The number of carbonyl (C=O) groups excluding carboxylic acids is 2. The molecule has 3 aromatic rings. The summed E-state index contributed by atoms with van der Waals surface area (Å²) in [6.07, 6.45) is 1.54. The van der Waals surface area contributed by atoms with Gasteiger partial charge in [-0.2, -0.15) is 5.10 Å². The van der Waals surface area contributed by atoms with E-state index in [1.165, 1.54) is 11.8 Å². The second kappa shape index (κ2) is 8.87. The van der Waals surface area contributed by atoms with Gasteiger partial charge in [0, 0.05) is 32.8 Å². The Morgan fingerprint density at radius 1 is 0.966 bits per heavy atom. The summed E-state index contributed by atoms with van der Waals surface area (Å²) in [6.45, 7) is 6.04. The van der Waals surface area contributed by atoms with Gasteiger partial charge in [-0.3, -0.25) is 9.59 Å². The standard InChI is InChI=1S/C22H21BrN4O2/c1-14-4-10-20(11-5-14)27-15(2)12-17(16(27)3)13-24-26-22(29)21(28)25-19-8-6-18(23)7-9-19/h4-13H,1-3H3,(H,25,28)(H,26,29)/b24-13-. The minimum atomic E-state index is -0.837. The predicted octanol–water partition coefficient (Wildman–Crippen LogP) is 4.25. The molecule has 0 aliphatic rings. The van der Waals surface area contributed by atoms with E-state index in [0.29, 0.717) is 5.69 Å². The molecular weight excluding hydrogens is 432 g/mol. The third-order valence-corrected chi connectivity index (χ3v) is 4.97. The van der Waals surface area contributed by atoms with Crippen LogP contribution in [-0.4, -0.2) is 22.6 Å². The van der Waals surface area contributed by atoms with Crippen molar-refractivity contribution in [2.24, 2.45) is 5.10 Å². The third kappa shape index (κ3) is 5.00. The highest BCUT2D eigenvalue weighted by molar-refractivity contribution is 9.10. The zero-order valence-corrected chi connectivity index (χ0v) is 17.9. The van der Waals surface area contributed by atoms with Gasteiger partial charge in [0.2, 0.25) is 0 Å². The van der Waals surface area contributed by atoms with Crippen LogP contribution in [0.2, 0.25) is 0 Å². The summed E-state index contributed by atoms with van der Waals surface area (Å²) < 4.78 is 3.00. The molecule has 148 valence electrons. The molecule has 0 unspecified atom stereocenters. The van der Waals surface area contributed by atoms with Crippen LogP contribution in [0.3, 0.4) is 0 Å². The minimum absolute atomic E-state index is 0.527. The van der Waals surface area contributed by atoms with Crippen LogP contribution in [0.1, 0.15) is 22.5 Å². The van der Waals surface area contributed by atoms with E-state index in [-0.39, 0.29) is 0 Å². The number of hydrogen-bond donors (Lipinski definition) is 2. The van der Waals surface area contributed by atoms with E-state index in [1.54, 1.807) is 24.3 Å². The second-order valence-corrected chi connectivity index (χ2v) is 7.57. The first-order valence-electron chi connectivity index (χ1n) is 9.01. The van der Waals surface area contributed by atoms with Crippen LogP contribution in [0.4, 0.5) is 5.69 Å². The van der Waals surface area contributed by atoms with Crippen LogP contribution in [0, 0.1) is 20.8 Å². The Hall–Kier alpha value is -3.19. The fourth-order valence-electron chi connectivity index (χ4n) is 2.94. The van der Waals surface area contributed by atoms with E-state index < -0.39 is 11.8 Å². The van der Waals surface area contributed by atoms with Gasteiger partial charge in [-0.05, 0) is 63.2 Å². The number of anilines is 1. The van der Waals surface area contributed by atoms with E-state index in [0.717, 1.165) is 27.1 Å². The maximum atomic E-state index is 12.0. The molecule has 2 aromatic carbocycles. The van der Waals surface area contributed by atoms with Gasteiger partial charge >= 0.3 is 11.8 Å². The number of amides is 2. The van der Waals surface area contributed by atoms with Crippen LogP contribution < -0.4 is 10.7 Å². The topological polar surface area (TPSA) is 75.5 Å². The number of halogens is 1. The summed E-state index contributed by atoms with van der Waals surface area (Å²) in [4.78, 5) is 23.9. The van der Waals surface area contributed by atoms with Crippen molar-refractivity contribution in [2.45, 2.75) is 20.8 Å². The molecule has 0 saturated heterocycles. The first-order chi connectivity index (χ1) is 13.8. The van der Waals surface area contributed by atoms with Crippen molar-refractivity contribution in [3.05, 3.63) is 81.6 Å². The molecule has 0 radical (unpaired) electrons. The number of hydrazone groups is 1. The molecule has 29 heavy (non-hydrogen) atoms. The van der Waals surface area contributed by atoms with Crippen molar-refractivity contribution in [3.8, 4) is 5.69 Å². The van der Waals surface area contributed by atoms with Crippen molar-refractivity contribution < 1.29 is 9.59 Å². The van der Waals surface area contributed by atoms with Gasteiger partial charge in [-0.25, -0.2) is 5.43 Å². The first kappa shape index (κ1) is 20.5. The first-order valence-corrected chi connectivity index (χ1v) is 9.80. The van der Waals surface area contributed by atoms with Crippen molar-refractivity contribution >= 4 is 39.6 Å². The average Bonchev–Trinajstić information content (AvgIpc) is 2.97. The van der Waals surface area contributed by atoms with Crippen LogP contribution >= 0.6 is 15.9 Å². The summed E-state index contributed by atoms with van der Waals surface area (Å²) in [6, 6.07) is 17.2. The monoisotopic (exact) mass is 452 g/mol. The Kier molecular flexibility index (Phi) is 6.29. The highest BCUT2D eigenvalue weighted by Gasteiger charge is 2.13. The molecule has 0 aliphatic carbocycles. The molecular formula is C22H21BrN4O2. The van der Waals surface area contributed by atoms with Gasteiger partial charge in [-0.15, -0.1) is 0 Å². The number of hydrogen-bond acceptors (Lipinski definition) is 3. The SMILES string of the molecule is Cc1ccc(-n2c(C)cc(/C=N\NC(=O)C(=O)Nc3ccc(Br)cc3)c2C)cc1. The normalized spacial score (nSPS) is 10.9. The van der Waals surface area contributed by atoms with Crippen molar-refractivity contribution in [3.63, 3.8) is 0 Å². The fraction of sp³-hybridized carbons (Fsp3) is 0.136. The average molecular weight is 453 g/mol. The maximum absolute atomic E-state index is 12.0. The Morgan fingerprint density at radius 3 is 2.28 bits per heavy atom. The molecule has 2 N–H and O–H groups in total. The lowest BCUT2D eigenvalue weighted by Gasteiger charge is -2.09. The fourth-order valence-corrected chi connectivity index (χ4v) is 3.21. The Bertz CT molecular complexity index is 1070. The lowest BCUT2D eigenvalue weighted by Crippen LogP contribution is -2.32. The van der Waals surface area contributed by atoms with Crippen molar-refractivity contribution in [1.29, 1.82) is 0 Å². The maximum Gasteiger partial charge on any atom is 0.329 e. The number of carbonyl (C=O) groups is 2. The second-order valence-electron chi connectivity index (χ2n) is 6.66. The summed E-state index contributed by atoms with van der Waals surface area (Å²) in [5.74, 6) is -1.62. The number of benzene rings is 2. The molecule has 0 aliphatic heterocycles. The molecule has 3 rings (SSSR count). The lowest BCUT2D eigenvalue weighted by molar-refractivity contribution is -0.136. The van der Waals surface area contributed by atoms with Gasteiger partial charge < -0.3 is 9.88 Å². The quantitative estimate of drug-likeness (QED) is 0.352. The molecule has 0 fully saturated rings. The number of nitrogens with zero attached hydrogens (tertiary/aromatic N) is 2. The highest BCUT2D eigenvalue weighted by Crippen LogP contribution is 2.20. The Balaban J connectivity index is 1.66. The van der Waals surface area contributed by atoms with E-state index in [4.69, 9.17) is 0 Å². The van der Waals surface area contributed by atoms with Gasteiger partial charge in [0.05, 0.1) is 6.21 Å². The summed E-state index contributed by atoms with van der Waals surface area (Å²) >= 11 is 3.31. The molecule has 0 saturated carbocycles. The summed E-state index contributed by atoms with van der Waals surface area (Å²) in [5.41, 5.74) is 7.94. The van der Waals surface area contributed by atoms with Crippen LogP contribution in [0.15, 0.2) is 64.2 Å². The molecule has 0 bridgehead atoms. The van der Waals surface area contributed by atoms with Crippen molar-refractivity contribution in [2.75, 3.05) is 5.32 Å². The number of aryl methyl sites for hydroxylation is 2. The zero-order chi connectivity index (χ0) is 21.0. The molecule has 7 heteroatoms. The third-order valence-electron chi connectivity index (χ3n) is 4.44. The van der Waals surface area contributed by atoms with Gasteiger partial charge in [0.25, 0.3) is 0 Å². The minimum Gasteiger partial charge on any atom is -0.318 e. The number of rotatable bonds is 4. The Morgan fingerprint density at radius 2 is 1.62 bits per heavy atom. The van der Waals surface area contributed by atoms with Gasteiger partial charge in [0.1, 0.15) is 0 Å². The van der Waals surface area contributed by atoms with Gasteiger partial charge in [0.15, 0.2) is 0 Å². The largest absolute Gasteiger partial charge is 0.329 e. The molecule has 0 atom stereocenters. The van der Waals surface area contributed by atoms with E-state index >= 15 is 0 Å². The van der Waals surface area contributed by atoms with E-state index in [9.17, 15) is 9.59 Å². The van der Waals surface area contributed by atoms with E-state index in [2.05, 4.69) is 60.6 Å². The molecule has 0 spiro atoms. The number of aromatic nitrogens is 1. The highest BCUT2D eigenvalue weighted by atomic mass is 79.9. The van der Waals surface area contributed by atoms with Crippen LogP contribution in [0.5, 0.6) is 0 Å². The summed E-state index contributed by atoms with van der Waals surface area (Å²) in [7, 11) is 0. The predicted molar refractivity (Wildman–Crippen MR) is 118 cm³/mol. The molecule has 6 nitrogen and oxygen atoms in total. The smallest absolute Gasteiger partial charge is 0.318 e. The molecule has 1 aromatic heterocycles. The zero-order valence-electron chi connectivity index (χ0n) is 16.4. The van der Waals surface area contributed by atoms with Crippen LogP contribution in [0.25, 0.3) is 5.69 Å². The van der Waals surface area contributed by atoms with E-state index in [1.807, 2.05) is 26.8 Å².